The molecule has 28 heavy (non-hydrogen) atoms. The number of benzene rings is 1. The van der Waals surface area contributed by atoms with E-state index in [1.165, 1.54) is 5.56 Å². The number of aryl methyl sites for hydroxylation is 1. The molecule has 1 N–H and O–H groups in total. The fourth-order valence-corrected chi connectivity index (χ4v) is 4.46. The normalized spacial score (nSPS) is 18.4. The minimum Gasteiger partial charge on any atom is -0.337 e. The number of aromatic nitrogens is 1. The van der Waals surface area contributed by atoms with Crippen molar-refractivity contribution >= 4 is 5.91 Å². The molecule has 2 fully saturated rings. The Kier molecular flexibility index (Phi) is 4.88. The second-order valence-electron chi connectivity index (χ2n) is 8.71. The van der Waals surface area contributed by atoms with Crippen LogP contribution in [0, 0.1) is 12.3 Å². The summed E-state index contributed by atoms with van der Waals surface area (Å²) in [6, 6.07) is 9.86. The Bertz CT molecular complexity index is 947. The summed E-state index contributed by atoms with van der Waals surface area (Å²) in [6.07, 6.45) is 3.99. The summed E-state index contributed by atoms with van der Waals surface area (Å²) in [6.45, 7) is 9.69. The maximum absolute atomic E-state index is 13.2. The lowest BCUT2D eigenvalue weighted by Crippen LogP contribution is -2.62. The van der Waals surface area contributed by atoms with E-state index in [1.54, 1.807) is 10.8 Å². The van der Waals surface area contributed by atoms with Gasteiger partial charge in [0.2, 0.25) is 0 Å². The van der Waals surface area contributed by atoms with Crippen LogP contribution in [-0.2, 0) is 0 Å². The Morgan fingerprint density at radius 3 is 2.54 bits per heavy atom. The van der Waals surface area contributed by atoms with Crippen molar-refractivity contribution in [1.82, 2.24) is 14.8 Å². The number of amides is 1. The van der Waals surface area contributed by atoms with Crippen molar-refractivity contribution in [2.45, 2.75) is 39.5 Å². The van der Waals surface area contributed by atoms with Gasteiger partial charge in [0.25, 0.3) is 11.5 Å². The minimum atomic E-state index is -0.225. The van der Waals surface area contributed by atoms with Crippen molar-refractivity contribution < 1.29 is 4.79 Å². The fraction of sp³-hybridized carbons (Fsp3) is 0.478. The first-order chi connectivity index (χ1) is 13.4. The number of nitrogens with zero attached hydrogens (tertiary/aromatic N) is 2. The van der Waals surface area contributed by atoms with E-state index < -0.39 is 0 Å². The van der Waals surface area contributed by atoms with Gasteiger partial charge >= 0.3 is 0 Å². The van der Waals surface area contributed by atoms with Gasteiger partial charge in [-0.15, -0.1) is 0 Å². The molecule has 5 nitrogen and oxygen atoms in total. The monoisotopic (exact) mass is 379 g/mol. The average Bonchev–Trinajstić information content (AvgIpc) is 2.66. The highest BCUT2D eigenvalue weighted by Crippen LogP contribution is 2.39. The van der Waals surface area contributed by atoms with Crippen LogP contribution in [0.5, 0.6) is 0 Å². The van der Waals surface area contributed by atoms with Crippen LogP contribution in [0.25, 0.3) is 5.69 Å². The van der Waals surface area contributed by atoms with Gasteiger partial charge in [-0.25, -0.2) is 0 Å². The summed E-state index contributed by atoms with van der Waals surface area (Å²) in [5, 5.41) is 3.38. The minimum absolute atomic E-state index is 0.124. The molecule has 0 atom stereocenters. The van der Waals surface area contributed by atoms with Gasteiger partial charge in [0.1, 0.15) is 5.56 Å². The van der Waals surface area contributed by atoms with Gasteiger partial charge in [-0.05, 0) is 68.1 Å². The maximum Gasteiger partial charge on any atom is 0.268 e. The largest absolute Gasteiger partial charge is 0.337 e. The lowest BCUT2D eigenvalue weighted by molar-refractivity contribution is -0.0115. The summed E-state index contributed by atoms with van der Waals surface area (Å²) >= 11 is 0. The summed E-state index contributed by atoms with van der Waals surface area (Å²) in [7, 11) is 0. The number of carbonyl (C=O) groups is 1. The summed E-state index contributed by atoms with van der Waals surface area (Å²) in [4.78, 5) is 28.2. The molecule has 2 saturated heterocycles. The third-order valence-corrected chi connectivity index (χ3v) is 6.33. The van der Waals surface area contributed by atoms with Crippen molar-refractivity contribution in [2.75, 3.05) is 26.2 Å². The first kappa shape index (κ1) is 18.9. The Morgan fingerprint density at radius 1 is 1.14 bits per heavy atom. The molecule has 2 aliphatic heterocycles. The molecule has 2 aliphatic rings. The van der Waals surface area contributed by atoms with Crippen LogP contribution in [0.15, 0.2) is 41.3 Å². The molecular formula is C23H29N3O2. The quantitative estimate of drug-likeness (QED) is 0.892. The lowest BCUT2D eigenvalue weighted by Gasteiger charge is -2.52. The highest BCUT2D eigenvalue weighted by atomic mass is 16.2. The maximum atomic E-state index is 13.2. The van der Waals surface area contributed by atoms with E-state index in [0.717, 1.165) is 50.3 Å². The predicted octanol–water partition coefficient (Wildman–Crippen LogP) is 3.09. The molecule has 1 aromatic carbocycles. The SMILES string of the molecule is Cc1ccn(-c2cccc(C(C)C)c2)c(=O)c1C(=O)N1CC2(CCNCC2)C1. The molecule has 4 rings (SSSR count). The second-order valence-corrected chi connectivity index (χ2v) is 8.71. The Morgan fingerprint density at radius 2 is 1.86 bits per heavy atom. The average molecular weight is 380 g/mol. The molecular weight excluding hydrogens is 350 g/mol. The summed E-state index contributed by atoms with van der Waals surface area (Å²) in [5.41, 5.74) is 3.07. The van der Waals surface area contributed by atoms with Crippen LogP contribution < -0.4 is 10.9 Å². The molecule has 1 spiro atoms. The van der Waals surface area contributed by atoms with E-state index in [4.69, 9.17) is 0 Å². The molecule has 2 aromatic rings. The number of rotatable bonds is 3. The zero-order chi connectivity index (χ0) is 19.9. The Labute approximate surface area is 166 Å². The fourth-order valence-electron chi connectivity index (χ4n) is 4.46. The number of pyridine rings is 1. The standard InChI is InChI=1S/C23H29N3O2/c1-16(2)18-5-4-6-19(13-18)26-12-7-17(3)20(22(26)28)21(27)25-14-23(15-25)8-10-24-11-9-23/h4-7,12-13,16,24H,8-11,14-15H2,1-3H3. The molecule has 1 aromatic heterocycles. The highest BCUT2D eigenvalue weighted by molar-refractivity contribution is 5.96. The van der Waals surface area contributed by atoms with Crippen molar-refractivity contribution in [2.24, 2.45) is 5.41 Å². The number of nitrogens with one attached hydrogen (secondary N) is 1. The Balaban J connectivity index is 1.64. The van der Waals surface area contributed by atoms with Crippen molar-refractivity contribution in [3.05, 3.63) is 63.6 Å². The molecule has 0 aliphatic carbocycles. The van der Waals surface area contributed by atoms with E-state index in [-0.39, 0.29) is 16.9 Å². The second kappa shape index (κ2) is 7.21. The molecule has 0 saturated carbocycles. The van der Waals surface area contributed by atoms with Gasteiger partial charge in [-0.1, -0.05) is 26.0 Å². The van der Waals surface area contributed by atoms with Crippen molar-refractivity contribution in [1.29, 1.82) is 0 Å². The third kappa shape index (κ3) is 3.28. The van der Waals surface area contributed by atoms with E-state index >= 15 is 0 Å². The first-order valence-electron chi connectivity index (χ1n) is 10.2. The Hall–Kier alpha value is -2.40. The number of hydrogen-bond acceptors (Lipinski definition) is 3. The number of likely N-dealkylation sites (tertiary alicyclic amines) is 1. The van der Waals surface area contributed by atoms with Gasteiger partial charge in [0.15, 0.2) is 0 Å². The summed E-state index contributed by atoms with van der Waals surface area (Å²) < 4.78 is 1.60. The molecule has 0 unspecified atom stereocenters. The van der Waals surface area contributed by atoms with Gasteiger partial charge in [0, 0.05) is 30.4 Å². The highest BCUT2D eigenvalue weighted by Gasteiger charge is 2.46. The van der Waals surface area contributed by atoms with Crippen LogP contribution in [0.1, 0.15) is 54.1 Å². The van der Waals surface area contributed by atoms with Crippen molar-refractivity contribution in [3.8, 4) is 5.69 Å². The number of carbonyl (C=O) groups excluding carboxylic acids is 1. The third-order valence-electron chi connectivity index (χ3n) is 6.33. The van der Waals surface area contributed by atoms with Crippen LogP contribution in [0.3, 0.4) is 0 Å². The zero-order valence-corrected chi connectivity index (χ0v) is 17.0. The lowest BCUT2D eigenvalue weighted by atomic mass is 9.72. The van der Waals surface area contributed by atoms with Gasteiger partial charge in [0.05, 0.1) is 0 Å². The van der Waals surface area contributed by atoms with Crippen LogP contribution in [0.4, 0.5) is 0 Å². The van der Waals surface area contributed by atoms with E-state index in [1.807, 2.05) is 36.1 Å². The first-order valence-corrected chi connectivity index (χ1v) is 10.2. The predicted molar refractivity (Wildman–Crippen MR) is 111 cm³/mol. The number of piperidine rings is 1. The van der Waals surface area contributed by atoms with Gasteiger partial charge in [-0.3, -0.25) is 14.2 Å². The topological polar surface area (TPSA) is 54.3 Å². The summed E-state index contributed by atoms with van der Waals surface area (Å²) in [5.74, 6) is 0.255. The van der Waals surface area contributed by atoms with E-state index in [2.05, 4.69) is 25.2 Å². The van der Waals surface area contributed by atoms with Gasteiger partial charge in [-0.2, -0.15) is 0 Å². The van der Waals surface area contributed by atoms with Crippen molar-refractivity contribution in [3.63, 3.8) is 0 Å². The van der Waals surface area contributed by atoms with Crippen LogP contribution in [0.2, 0.25) is 0 Å². The van der Waals surface area contributed by atoms with E-state index in [0.29, 0.717) is 11.5 Å². The number of hydrogen-bond donors (Lipinski definition) is 1. The smallest absolute Gasteiger partial charge is 0.268 e. The molecule has 148 valence electrons. The molecule has 0 bridgehead atoms. The molecule has 3 heterocycles. The molecule has 5 heteroatoms. The van der Waals surface area contributed by atoms with Gasteiger partial charge < -0.3 is 10.2 Å². The zero-order valence-electron chi connectivity index (χ0n) is 17.0. The molecule has 0 radical (unpaired) electrons. The molecule has 1 amide bonds. The van der Waals surface area contributed by atoms with Crippen LogP contribution >= 0.6 is 0 Å². The van der Waals surface area contributed by atoms with E-state index in [9.17, 15) is 9.59 Å². The van der Waals surface area contributed by atoms with Crippen LogP contribution in [-0.4, -0.2) is 41.6 Å².